The number of carbonyl (C=O) groups is 1. The van der Waals surface area contributed by atoms with Crippen LogP contribution in [-0.4, -0.2) is 35.0 Å². The Morgan fingerprint density at radius 1 is 1.27 bits per heavy atom. The molecule has 1 atom stereocenters. The molecule has 1 heterocycles. The fourth-order valence-corrected chi connectivity index (χ4v) is 3.69. The topological polar surface area (TPSA) is 50.7 Å². The maximum atomic E-state index is 12.1. The molecule has 0 aromatic heterocycles. The molecule has 1 aliphatic rings. The molecule has 1 N–H and O–H groups in total. The van der Waals surface area contributed by atoms with Crippen LogP contribution < -0.4 is 10.2 Å². The Balaban J connectivity index is 1.45. The molecule has 136 valence electrons. The molecular formula is C19H19ClN2O2S2. The number of amides is 1. The number of nitrogens with zero attached hydrogens (tertiary/aromatic N) is 1. The number of hydrogen-bond acceptors (Lipinski definition) is 5. The van der Waals surface area contributed by atoms with Crippen LogP contribution in [0.2, 0.25) is 5.02 Å². The Morgan fingerprint density at radius 3 is 2.58 bits per heavy atom. The Labute approximate surface area is 166 Å². The molecule has 1 saturated heterocycles. The lowest BCUT2D eigenvalue weighted by Gasteiger charge is -2.25. The lowest BCUT2D eigenvalue weighted by Crippen LogP contribution is -2.30. The third-order valence-electron chi connectivity index (χ3n) is 3.67. The van der Waals surface area contributed by atoms with Crippen molar-refractivity contribution in [3.63, 3.8) is 0 Å². The maximum Gasteiger partial charge on any atom is 0.253 e. The number of nitrogens with one attached hydrogen (secondary N) is 1. The standard InChI is InChI=1S/C19H19ClN2O2S2/c1-13(26-18-8-4-15(20)5-9-18)19(23)22-21-10-14-2-6-16(7-3-14)24-17-11-25-12-17/h2-10,13,17H,11-12H2,1H3,(H,22,23)/b21-10+. The molecule has 1 fully saturated rings. The summed E-state index contributed by atoms with van der Waals surface area (Å²) in [6.07, 6.45) is 1.96. The second-order valence-corrected chi connectivity index (χ2v) is 8.72. The van der Waals surface area contributed by atoms with Crippen LogP contribution >= 0.6 is 35.1 Å². The van der Waals surface area contributed by atoms with Crippen LogP contribution in [0.3, 0.4) is 0 Å². The first-order valence-electron chi connectivity index (χ1n) is 8.20. The van der Waals surface area contributed by atoms with Crippen LogP contribution in [0.1, 0.15) is 12.5 Å². The molecule has 0 aliphatic carbocycles. The van der Waals surface area contributed by atoms with Gasteiger partial charge in [0.1, 0.15) is 11.9 Å². The molecule has 2 aromatic carbocycles. The summed E-state index contributed by atoms with van der Waals surface area (Å²) in [5.41, 5.74) is 3.48. The number of thioether (sulfide) groups is 2. The van der Waals surface area contributed by atoms with E-state index in [0.717, 1.165) is 27.7 Å². The van der Waals surface area contributed by atoms with Crippen molar-refractivity contribution in [3.8, 4) is 5.75 Å². The number of hydrazone groups is 1. The molecule has 4 nitrogen and oxygen atoms in total. The van der Waals surface area contributed by atoms with Gasteiger partial charge >= 0.3 is 0 Å². The van der Waals surface area contributed by atoms with Gasteiger partial charge in [-0.15, -0.1) is 11.8 Å². The molecule has 26 heavy (non-hydrogen) atoms. The van der Waals surface area contributed by atoms with Crippen LogP contribution in [0.4, 0.5) is 0 Å². The Bertz CT molecular complexity index is 762. The molecule has 2 aromatic rings. The van der Waals surface area contributed by atoms with Gasteiger partial charge in [-0.3, -0.25) is 4.79 Å². The van der Waals surface area contributed by atoms with Gasteiger partial charge in [-0.1, -0.05) is 11.6 Å². The van der Waals surface area contributed by atoms with E-state index >= 15 is 0 Å². The number of hydrogen-bond donors (Lipinski definition) is 1. The van der Waals surface area contributed by atoms with Crippen molar-refractivity contribution in [2.75, 3.05) is 11.5 Å². The Kier molecular flexibility index (Phi) is 6.88. The van der Waals surface area contributed by atoms with Crippen LogP contribution in [0.15, 0.2) is 58.5 Å². The van der Waals surface area contributed by atoms with Gasteiger partial charge in [0.25, 0.3) is 5.91 Å². The first-order valence-corrected chi connectivity index (χ1v) is 10.6. The molecule has 0 spiro atoms. The third kappa shape index (κ3) is 5.69. The zero-order chi connectivity index (χ0) is 18.4. The van der Waals surface area contributed by atoms with Gasteiger partial charge in [0, 0.05) is 21.4 Å². The fraction of sp³-hybridized carbons (Fsp3) is 0.263. The van der Waals surface area contributed by atoms with E-state index in [4.69, 9.17) is 16.3 Å². The number of rotatable bonds is 7. The van der Waals surface area contributed by atoms with Crippen molar-refractivity contribution in [2.24, 2.45) is 5.10 Å². The van der Waals surface area contributed by atoms with Crippen LogP contribution in [-0.2, 0) is 4.79 Å². The number of ether oxygens (including phenoxy) is 1. The summed E-state index contributed by atoms with van der Waals surface area (Å²) < 4.78 is 5.80. The van der Waals surface area contributed by atoms with E-state index in [9.17, 15) is 4.79 Å². The van der Waals surface area contributed by atoms with Crippen molar-refractivity contribution >= 4 is 47.2 Å². The van der Waals surface area contributed by atoms with E-state index in [1.807, 2.05) is 67.2 Å². The van der Waals surface area contributed by atoms with Crippen molar-refractivity contribution < 1.29 is 9.53 Å². The summed E-state index contributed by atoms with van der Waals surface area (Å²) in [5, 5.41) is 4.45. The lowest BCUT2D eigenvalue weighted by atomic mass is 10.2. The first kappa shape index (κ1) is 19.1. The third-order valence-corrected chi connectivity index (χ3v) is 6.25. The predicted octanol–water partition coefficient (Wildman–Crippen LogP) is 4.47. The van der Waals surface area contributed by atoms with Crippen molar-refractivity contribution in [3.05, 3.63) is 59.1 Å². The normalized spacial score (nSPS) is 15.5. The number of benzene rings is 2. The minimum absolute atomic E-state index is 0.149. The van der Waals surface area contributed by atoms with Gasteiger partial charge in [-0.2, -0.15) is 16.9 Å². The molecule has 0 saturated carbocycles. The summed E-state index contributed by atoms with van der Waals surface area (Å²) in [5.74, 6) is 2.83. The van der Waals surface area contributed by atoms with E-state index in [0.29, 0.717) is 11.1 Å². The van der Waals surface area contributed by atoms with Crippen molar-refractivity contribution in [1.82, 2.24) is 5.43 Å². The maximum absolute atomic E-state index is 12.1. The van der Waals surface area contributed by atoms with Crippen molar-refractivity contribution in [2.45, 2.75) is 23.2 Å². The molecule has 1 unspecified atom stereocenters. The SMILES string of the molecule is CC(Sc1ccc(Cl)cc1)C(=O)N/N=C/c1ccc(OC2CSC2)cc1. The predicted molar refractivity (Wildman–Crippen MR) is 111 cm³/mol. The molecule has 0 bridgehead atoms. The Morgan fingerprint density at radius 2 is 1.96 bits per heavy atom. The first-order chi connectivity index (χ1) is 12.6. The largest absolute Gasteiger partial charge is 0.489 e. The smallest absolute Gasteiger partial charge is 0.253 e. The monoisotopic (exact) mass is 406 g/mol. The molecule has 1 aliphatic heterocycles. The van der Waals surface area contributed by atoms with Crippen LogP contribution in [0.5, 0.6) is 5.75 Å². The highest BCUT2D eigenvalue weighted by Gasteiger charge is 2.19. The van der Waals surface area contributed by atoms with Gasteiger partial charge in [-0.05, 0) is 61.0 Å². The highest BCUT2D eigenvalue weighted by atomic mass is 35.5. The molecular weight excluding hydrogens is 388 g/mol. The van der Waals surface area contributed by atoms with Crippen LogP contribution in [0.25, 0.3) is 0 Å². The van der Waals surface area contributed by atoms with Gasteiger partial charge in [0.05, 0.1) is 11.5 Å². The molecule has 1 amide bonds. The summed E-state index contributed by atoms with van der Waals surface area (Å²) >= 11 is 9.22. The molecule has 3 rings (SSSR count). The molecule has 0 radical (unpaired) electrons. The average Bonchev–Trinajstić information content (AvgIpc) is 2.61. The van der Waals surface area contributed by atoms with Crippen molar-refractivity contribution in [1.29, 1.82) is 0 Å². The van der Waals surface area contributed by atoms with Gasteiger partial charge in [-0.25, -0.2) is 5.43 Å². The zero-order valence-corrected chi connectivity index (χ0v) is 16.6. The number of halogens is 1. The van der Waals surface area contributed by atoms with Crippen LogP contribution in [0, 0.1) is 0 Å². The second-order valence-electron chi connectivity index (χ2n) is 5.79. The summed E-state index contributed by atoms with van der Waals surface area (Å²) in [7, 11) is 0. The van der Waals surface area contributed by atoms with Gasteiger partial charge < -0.3 is 4.74 Å². The zero-order valence-electron chi connectivity index (χ0n) is 14.2. The van der Waals surface area contributed by atoms with Gasteiger partial charge in [0.15, 0.2) is 0 Å². The number of carbonyl (C=O) groups excluding carboxylic acids is 1. The minimum Gasteiger partial charge on any atom is -0.489 e. The highest BCUT2D eigenvalue weighted by molar-refractivity contribution is 8.00. The summed E-state index contributed by atoms with van der Waals surface area (Å²) in [6, 6.07) is 15.1. The van der Waals surface area contributed by atoms with E-state index in [-0.39, 0.29) is 11.2 Å². The van der Waals surface area contributed by atoms with Gasteiger partial charge in [0.2, 0.25) is 0 Å². The summed E-state index contributed by atoms with van der Waals surface area (Å²) in [6.45, 7) is 1.84. The van der Waals surface area contributed by atoms with E-state index < -0.39 is 0 Å². The average molecular weight is 407 g/mol. The quantitative estimate of drug-likeness (QED) is 0.419. The Hall–Kier alpha value is -1.63. The fourth-order valence-electron chi connectivity index (χ4n) is 2.14. The molecule has 7 heteroatoms. The van der Waals surface area contributed by atoms with E-state index in [2.05, 4.69) is 10.5 Å². The van der Waals surface area contributed by atoms with E-state index in [1.165, 1.54) is 11.8 Å². The highest BCUT2D eigenvalue weighted by Crippen LogP contribution is 2.25. The summed E-state index contributed by atoms with van der Waals surface area (Å²) in [4.78, 5) is 13.1. The minimum atomic E-state index is -0.260. The second kappa shape index (κ2) is 9.35. The lowest BCUT2D eigenvalue weighted by molar-refractivity contribution is -0.120. The van der Waals surface area contributed by atoms with E-state index in [1.54, 1.807) is 6.21 Å².